The van der Waals surface area contributed by atoms with Crippen molar-refractivity contribution in [3.63, 3.8) is 0 Å². The summed E-state index contributed by atoms with van der Waals surface area (Å²) in [5.74, 6) is -0.118. The largest absolute Gasteiger partial charge is 0.416 e. The van der Waals surface area contributed by atoms with Crippen LogP contribution >= 0.6 is 11.6 Å². The summed E-state index contributed by atoms with van der Waals surface area (Å²) in [6.07, 6.45) is -1.33. The average Bonchev–Trinajstić information content (AvgIpc) is 2.60. The predicted molar refractivity (Wildman–Crippen MR) is 94.6 cm³/mol. The number of hydrogen-bond donors (Lipinski definition) is 1. The zero-order chi connectivity index (χ0) is 19.3. The molecule has 0 aliphatic carbocycles. The van der Waals surface area contributed by atoms with Gasteiger partial charge in [-0.05, 0) is 24.6 Å². The van der Waals surface area contributed by atoms with E-state index in [1.807, 2.05) is 11.9 Å². The van der Waals surface area contributed by atoms with Crippen molar-refractivity contribution < 1.29 is 18.0 Å². The number of halogens is 4. The summed E-state index contributed by atoms with van der Waals surface area (Å²) in [7, 11) is 1.84. The summed E-state index contributed by atoms with van der Waals surface area (Å²) >= 11 is 5.89. The first-order valence-electron chi connectivity index (χ1n) is 7.93. The molecule has 0 saturated carbocycles. The molecule has 2 aromatic rings. The van der Waals surface area contributed by atoms with E-state index in [4.69, 9.17) is 11.6 Å². The SMILES string of the molecule is CCCCN(C)c1cc(C(=O)Nc2cc(C(F)(F)F)ccc2Cl)ncn1. The summed E-state index contributed by atoms with van der Waals surface area (Å²) in [4.78, 5) is 22.2. The monoisotopic (exact) mass is 386 g/mol. The van der Waals surface area contributed by atoms with Crippen molar-refractivity contribution >= 4 is 29.0 Å². The van der Waals surface area contributed by atoms with E-state index in [9.17, 15) is 18.0 Å². The van der Waals surface area contributed by atoms with Crippen molar-refractivity contribution in [1.82, 2.24) is 9.97 Å². The number of hydrogen-bond acceptors (Lipinski definition) is 4. The molecule has 1 aromatic carbocycles. The molecule has 26 heavy (non-hydrogen) atoms. The second-order valence-electron chi connectivity index (χ2n) is 5.68. The van der Waals surface area contributed by atoms with Crippen LogP contribution in [0.4, 0.5) is 24.7 Å². The number of nitrogens with zero attached hydrogens (tertiary/aromatic N) is 3. The number of carbonyl (C=O) groups excluding carboxylic acids is 1. The summed E-state index contributed by atoms with van der Waals surface area (Å²) in [6, 6.07) is 4.20. The summed E-state index contributed by atoms with van der Waals surface area (Å²) < 4.78 is 38.5. The topological polar surface area (TPSA) is 58.1 Å². The van der Waals surface area contributed by atoms with Crippen LogP contribution in [0.15, 0.2) is 30.6 Å². The molecule has 0 bridgehead atoms. The van der Waals surface area contributed by atoms with E-state index >= 15 is 0 Å². The molecule has 1 amide bonds. The molecule has 2 rings (SSSR count). The molecule has 0 aliphatic rings. The Hall–Kier alpha value is -2.35. The number of nitrogens with one attached hydrogen (secondary N) is 1. The Morgan fingerprint density at radius 1 is 1.27 bits per heavy atom. The standard InChI is InChI=1S/C17H18ClF3N4O/c1-3-4-7-25(2)15-9-14(22-10-23-15)16(26)24-13-8-11(17(19,20)21)5-6-12(13)18/h5-6,8-10H,3-4,7H2,1-2H3,(H,24,26). The molecule has 0 radical (unpaired) electrons. The number of alkyl halides is 3. The van der Waals surface area contributed by atoms with E-state index in [1.54, 1.807) is 0 Å². The number of anilines is 2. The molecular formula is C17H18ClF3N4O. The second-order valence-corrected chi connectivity index (χ2v) is 6.09. The number of carbonyl (C=O) groups is 1. The van der Waals surface area contributed by atoms with Gasteiger partial charge in [-0.25, -0.2) is 9.97 Å². The van der Waals surface area contributed by atoms with Gasteiger partial charge in [-0.2, -0.15) is 13.2 Å². The van der Waals surface area contributed by atoms with Gasteiger partial charge in [-0.3, -0.25) is 4.79 Å². The highest BCUT2D eigenvalue weighted by Gasteiger charge is 2.31. The Kier molecular flexibility index (Phi) is 6.42. The molecule has 1 heterocycles. The number of aromatic nitrogens is 2. The lowest BCUT2D eigenvalue weighted by Crippen LogP contribution is -2.21. The third kappa shape index (κ3) is 5.08. The third-order valence-corrected chi connectivity index (χ3v) is 3.99. The van der Waals surface area contributed by atoms with Gasteiger partial charge in [-0.15, -0.1) is 0 Å². The van der Waals surface area contributed by atoms with Crippen molar-refractivity contribution in [1.29, 1.82) is 0 Å². The maximum absolute atomic E-state index is 12.8. The predicted octanol–water partition coefficient (Wildman–Crippen LogP) is 4.64. The Morgan fingerprint density at radius 2 is 2.00 bits per heavy atom. The first-order valence-corrected chi connectivity index (χ1v) is 8.31. The van der Waals surface area contributed by atoms with Gasteiger partial charge < -0.3 is 10.2 Å². The van der Waals surface area contributed by atoms with Crippen molar-refractivity contribution in [3.8, 4) is 0 Å². The molecule has 1 N–H and O–H groups in total. The molecule has 0 aliphatic heterocycles. The first kappa shape index (κ1) is 20.0. The molecule has 9 heteroatoms. The van der Waals surface area contributed by atoms with E-state index in [1.165, 1.54) is 12.4 Å². The average molecular weight is 387 g/mol. The van der Waals surface area contributed by atoms with Crippen LogP contribution in [0.3, 0.4) is 0 Å². The van der Waals surface area contributed by atoms with Gasteiger partial charge in [0, 0.05) is 19.7 Å². The molecule has 140 valence electrons. The van der Waals surface area contributed by atoms with Gasteiger partial charge in [0.25, 0.3) is 5.91 Å². The van der Waals surface area contributed by atoms with E-state index < -0.39 is 17.6 Å². The van der Waals surface area contributed by atoms with Crippen molar-refractivity contribution in [2.45, 2.75) is 25.9 Å². The lowest BCUT2D eigenvalue weighted by Gasteiger charge is -2.18. The third-order valence-electron chi connectivity index (χ3n) is 3.67. The fourth-order valence-electron chi connectivity index (χ4n) is 2.17. The van der Waals surface area contributed by atoms with Crippen LogP contribution in [0.25, 0.3) is 0 Å². The molecule has 0 saturated heterocycles. The van der Waals surface area contributed by atoms with Crippen LogP contribution in [0, 0.1) is 0 Å². The van der Waals surface area contributed by atoms with Crippen molar-refractivity contribution in [3.05, 3.63) is 46.9 Å². The van der Waals surface area contributed by atoms with Crippen LogP contribution < -0.4 is 10.2 Å². The van der Waals surface area contributed by atoms with E-state index in [0.29, 0.717) is 5.82 Å². The number of benzene rings is 1. The quantitative estimate of drug-likeness (QED) is 0.785. The van der Waals surface area contributed by atoms with Crippen LogP contribution in [-0.2, 0) is 6.18 Å². The minimum atomic E-state index is -4.53. The van der Waals surface area contributed by atoms with Gasteiger partial charge in [0.1, 0.15) is 17.8 Å². The smallest absolute Gasteiger partial charge is 0.360 e. The van der Waals surface area contributed by atoms with Crippen molar-refractivity contribution in [2.24, 2.45) is 0 Å². The van der Waals surface area contributed by atoms with Gasteiger partial charge >= 0.3 is 6.18 Å². The lowest BCUT2D eigenvalue weighted by molar-refractivity contribution is -0.137. The highest BCUT2D eigenvalue weighted by Crippen LogP contribution is 2.34. The normalized spacial score (nSPS) is 11.3. The number of amides is 1. The molecule has 0 atom stereocenters. The van der Waals surface area contributed by atoms with Gasteiger partial charge in [0.15, 0.2) is 0 Å². The van der Waals surface area contributed by atoms with Crippen LogP contribution in [0.5, 0.6) is 0 Å². The Labute approximate surface area is 154 Å². The van der Waals surface area contributed by atoms with Crippen LogP contribution in [-0.4, -0.2) is 29.5 Å². The zero-order valence-electron chi connectivity index (χ0n) is 14.3. The van der Waals surface area contributed by atoms with Crippen molar-refractivity contribution in [2.75, 3.05) is 23.8 Å². The van der Waals surface area contributed by atoms with E-state index in [2.05, 4.69) is 22.2 Å². The lowest BCUT2D eigenvalue weighted by atomic mass is 10.2. The highest BCUT2D eigenvalue weighted by molar-refractivity contribution is 6.33. The van der Waals surface area contributed by atoms with Crippen LogP contribution in [0.2, 0.25) is 5.02 Å². The summed E-state index contributed by atoms with van der Waals surface area (Å²) in [5.41, 5.74) is -1.00. The molecular weight excluding hydrogens is 369 g/mol. The Morgan fingerprint density at radius 3 is 2.65 bits per heavy atom. The fourth-order valence-corrected chi connectivity index (χ4v) is 2.34. The molecule has 1 aromatic heterocycles. The zero-order valence-corrected chi connectivity index (χ0v) is 15.0. The highest BCUT2D eigenvalue weighted by atomic mass is 35.5. The van der Waals surface area contributed by atoms with Crippen LogP contribution in [0.1, 0.15) is 35.8 Å². The Bertz CT molecular complexity index is 783. The molecule has 5 nitrogen and oxygen atoms in total. The Balaban J connectivity index is 2.20. The maximum atomic E-state index is 12.8. The van der Waals surface area contributed by atoms with E-state index in [0.717, 1.165) is 37.6 Å². The molecule has 0 unspecified atom stereocenters. The van der Waals surface area contributed by atoms with E-state index in [-0.39, 0.29) is 16.4 Å². The van der Waals surface area contributed by atoms with Gasteiger partial charge in [0.2, 0.25) is 0 Å². The summed E-state index contributed by atoms with van der Waals surface area (Å²) in [6.45, 7) is 2.82. The first-order chi connectivity index (χ1) is 12.2. The number of rotatable bonds is 6. The number of unbranched alkanes of at least 4 members (excludes halogenated alkanes) is 1. The second kappa shape index (κ2) is 8.35. The van der Waals surface area contributed by atoms with Gasteiger partial charge in [0.05, 0.1) is 16.3 Å². The van der Waals surface area contributed by atoms with Gasteiger partial charge in [-0.1, -0.05) is 24.9 Å². The maximum Gasteiger partial charge on any atom is 0.416 e. The minimum Gasteiger partial charge on any atom is -0.360 e. The minimum absolute atomic E-state index is 0.000642. The fraction of sp³-hybridized carbons (Fsp3) is 0.353. The molecule has 0 spiro atoms. The molecule has 0 fully saturated rings. The summed E-state index contributed by atoms with van der Waals surface area (Å²) in [5, 5.41) is 2.37.